The van der Waals surface area contributed by atoms with E-state index in [4.69, 9.17) is 4.74 Å². The lowest BCUT2D eigenvalue weighted by atomic mass is 9.83. The summed E-state index contributed by atoms with van der Waals surface area (Å²) in [6, 6.07) is 26.7. The third kappa shape index (κ3) is 3.46. The summed E-state index contributed by atoms with van der Waals surface area (Å²) < 4.78 is 5.53. The number of rotatable bonds is 5. The van der Waals surface area contributed by atoms with Crippen LogP contribution in [0.4, 0.5) is 0 Å². The number of carbonyl (C=O) groups is 1. The van der Waals surface area contributed by atoms with Crippen molar-refractivity contribution in [2.75, 3.05) is 33.3 Å². The molecule has 3 aromatic rings. The summed E-state index contributed by atoms with van der Waals surface area (Å²) in [7, 11) is 1.73. The van der Waals surface area contributed by atoms with Crippen LogP contribution in [0, 0.1) is 0 Å². The van der Waals surface area contributed by atoms with Gasteiger partial charge in [-0.2, -0.15) is 0 Å². The zero-order valence-corrected chi connectivity index (χ0v) is 18.0. The van der Waals surface area contributed by atoms with Crippen LogP contribution in [0.15, 0.2) is 78.9 Å². The molecule has 1 fully saturated rings. The number of piperazine rings is 1. The topological polar surface area (TPSA) is 32.8 Å². The van der Waals surface area contributed by atoms with Crippen molar-refractivity contribution in [2.45, 2.75) is 18.5 Å². The molecule has 1 unspecified atom stereocenters. The van der Waals surface area contributed by atoms with Gasteiger partial charge in [-0.3, -0.25) is 14.6 Å². The number of benzene rings is 3. The highest BCUT2D eigenvalue weighted by Crippen LogP contribution is 2.43. The number of hydrogen-bond acceptors (Lipinski definition) is 4. The lowest BCUT2D eigenvalue weighted by Crippen LogP contribution is -2.58. The number of Topliss-reactive ketones (excluding diaryl/α,β-unsaturated/α-hetero) is 1. The van der Waals surface area contributed by atoms with Crippen LogP contribution >= 0.6 is 0 Å². The molecule has 1 aliphatic heterocycles. The first kappa shape index (κ1) is 20.0. The average molecular weight is 413 g/mol. The van der Waals surface area contributed by atoms with E-state index in [1.165, 1.54) is 5.56 Å². The third-order valence-corrected chi connectivity index (χ3v) is 6.83. The molecule has 0 amide bonds. The van der Waals surface area contributed by atoms with Gasteiger partial charge < -0.3 is 4.74 Å². The molecular weight excluding hydrogens is 384 g/mol. The minimum absolute atomic E-state index is 0.243. The molecule has 0 aromatic heterocycles. The Bertz CT molecular complexity index is 1070. The van der Waals surface area contributed by atoms with E-state index >= 15 is 0 Å². The number of carbonyl (C=O) groups excluding carboxylic acids is 1. The smallest absolute Gasteiger partial charge is 0.188 e. The highest BCUT2D eigenvalue weighted by molar-refractivity contribution is 6.08. The number of para-hydroxylation sites is 1. The quantitative estimate of drug-likeness (QED) is 0.630. The van der Waals surface area contributed by atoms with E-state index in [1.54, 1.807) is 7.11 Å². The molecule has 0 saturated carbocycles. The van der Waals surface area contributed by atoms with Crippen molar-refractivity contribution < 1.29 is 9.53 Å². The first-order chi connectivity index (χ1) is 15.2. The molecule has 0 radical (unpaired) electrons. The van der Waals surface area contributed by atoms with Gasteiger partial charge >= 0.3 is 0 Å². The van der Waals surface area contributed by atoms with E-state index in [-0.39, 0.29) is 5.78 Å². The molecule has 31 heavy (non-hydrogen) atoms. The predicted octanol–water partition coefficient (Wildman–Crippen LogP) is 4.15. The summed E-state index contributed by atoms with van der Waals surface area (Å²) in [6.45, 7) is 4.45. The van der Waals surface area contributed by atoms with Crippen LogP contribution in [-0.4, -0.2) is 48.9 Å². The predicted molar refractivity (Wildman–Crippen MR) is 122 cm³/mol. The average Bonchev–Trinajstić information content (AvgIpc) is 3.14. The third-order valence-electron chi connectivity index (χ3n) is 6.83. The van der Waals surface area contributed by atoms with E-state index in [0.717, 1.165) is 61.6 Å². The van der Waals surface area contributed by atoms with Gasteiger partial charge in [-0.1, -0.05) is 72.8 Å². The van der Waals surface area contributed by atoms with Gasteiger partial charge in [0.05, 0.1) is 7.11 Å². The molecule has 0 spiro atoms. The summed E-state index contributed by atoms with van der Waals surface area (Å²) >= 11 is 0. The Hall–Kier alpha value is -2.95. The van der Waals surface area contributed by atoms with Gasteiger partial charge in [0.15, 0.2) is 5.78 Å². The number of methoxy groups -OCH3 is 1. The normalized spacial score (nSPS) is 21.8. The maximum absolute atomic E-state index is 13.8. The van der Waals surface area contributed by atoms with Crippen molar-refractivity contribution in [1.29, 1.82) is 0 Å². The van der Waals surface area contributed by atoms with Gasteiger partial charge in [0.2, 0.25) is 0 Å². The Labute approximate surface area is 184 Å². The van der Waals surface area contributed by atoms with Crippen molar-refractivity contribution in [1.82, 2.24) is 9.80 Å². The summed E-state index contributed by atoms with van der Waals surface area (Å²) in [4.78, 5) is 18.7. The van der Waals surface area contributed by atoms with Gasteiger partial charge in [-0.25, -0.2) is 0 Å². The van der Waals surface area contributed by atoms with Crippen molar-refractivity contribution in [3.05, 3.63) is 101 Å². The highest BCUT2D eigenvalue weighted by atomic mass is 16.5. The van der Waals surface area contributed by atoms with Crippen LogP contribution in [0.25, 0.3) is 0 Å². The molecule has 1 heterocycles. The second kappa shape index (κ2) is 8.29. The van der Waals surface area contributed by atoms with Gasteiger partial charge in [-0.15, -0.1) is 0 Å². The summed E-state index contributed by atoms with van der Waals surface area (Å²) in [5.41, 5.74) is 3.76. The van der Waals surface area contributed by atoms with Gasteiger partial charge in [0, 0.05) is 50.3 Å². The van der Waals surface area contributed by atoms with Crippen molar-refractivity contribution in [3.8, 4) is 5.75 Å². The van der Waals surface area contributed by atoms with E-state index in [1.807, 2.05) is 48.5 Å². The van der Waals surface area contributed by atoms with Gasteiger partial charge in [-0.05, 0) is 17.2 Å². The Kier molecular flexibility index (Phi) is 5.34. The van der Waals surface area contributed by atoms with Gasteiger partial charge in [0.25, 0.3) is 0 Å². The van der Waals surface area contributed by atoms with Crippen molar-refractivity contribution in [2.24, 2.45) is 0 Å². The van der Waals surface area contributed by atoms with E-state index in [9.17, 15) is 4.79 Å². The van der Waals surface area contributed by atoms with E-state index in [2.05, 4.69) is 40.1 Å². The zero-order chi connectivity index (χ0) is 21.3. The number of ether oxygens (including phenoxy) is 1. The fraction of sp³-hybridized carbons (Fsp3) is 0.296. The molecule has 4 nitrogen and oxygen atoms in total. The molecule has 158 valence electrons. The fourth-order valence-electron chi connectivity index (χ4n) is 5.22. The Morgan fingerprint density at radius 2 is 1.52 bits per heavy atom. The monoisotopic (exact) mass is 412 g/mol. The molecule has 2 aliphatic rings. The van der Waals surface area contributed by atoms with Crippen LogP contribution < -0.4 is 4.74 Å². The first-order valence-electron chi connectivity index (χ1n) is 11.0. The number of hydrogen-bond donors (Lipinski definition) is 0. The molecule has 5 rings (SSSR count). The maximum atomic E-state index is 13.8. The molecule has 4 heteroatoms. The summed E-state index contributed by atoms with van der Waals surface area (Å²) in [6.07, 6.45) is 0.749. The first-order valence-corrected chi connectivity index (χ1v) is 11.0. The molecule has 1 atom stereocenters. The van der Waals surface area contributed by atoms with Crippen molar-refractivity contribution in [3.63, 3.8) is 0 Å². The minimum Gasteiger partial charge on any atom is -0.496 e. The van der Waals surface area contributed by atoms with Crippen molar-refractivity contribution >= 4 is 5.78 Å². The Morgan fingerprint density at radius 1 is 0.839 bits per heavy atom. The van der Waals surface area contributed by atoms with Crippen LogP contribution in [0.5, 0.6) is 5.75 Å². The molecule has 0 bridgehead atoms. The molecule has 1 saturated heterocycles. The van der Waals surface area contributed by atoms with Crippen LogP contribution in [0.1, 0.15) is 27.0 Å². The molecule has 0 N–H and O–H groups in total. The molecule has 1 aliphatic carbocycles. The second-order valence-corrected chi connectivity index (χ2v) is 8.46. The molecule has 3 aromatic carbocycles. The SMILES string of the molecule is COc1ccccc1CN1CCN(C2(c3ccccc3)Cc3ccccc3C2=O)CC1. The Balaban J connectivity index is 1.40. The fourth-order valence-corrected chi connectivity index (χ4v) is 5.22. The lowest BCUT2D eigenvalue weighted by molar-refractivity contribution is 0.0287. The lowest BCUT2D eigenvalue weighted by Gasteiger charge is -2.45. The Morgan fingerprint density at radius 3 is 2.26 bits per heavy atom. The van der Waals surface area contributed by atoms with E-state index < -0.39 is 5.54 Å². The van der Waals surface area contributed by atoms with Crippen LogP contribution in [0.2, 0.25) is 0 Å². The number of ketones is 1. The zero-order valence-electron chi connectivity index (χ0n) is 18.0. The summed E-state index contributed by atoms with van der Waals surface area (Å²) in [5.74, 6) is 1.18. The second-order valence-electron chi connectivity index (χ2n) is 8.46. The largest absolute Gasteiger partial charge is 0.496 e. The highest BCUT2D eigenvalue weighted by Gasteiger charge is 2.51. The minimum atomic E-state index is -0.596. The van der Waals surface area contributed by atoms with Gasteiger partial charge in [0.1, 0.15) is 11.3 Å². The summed E-state index contributed by atoms with van der Waals surface area (Å²) in [5, 5.41) is 0. The van der Waals surface area contributed by atoms with E-state index in [0.29, 0.717) is 0 Å². The maximum Gasteiger partial charge on any atom is 0.188 e. The number of nitrogens with zero attached hydrogens (tertiary/aromatic N) is 2. The molecular formula is C27H28N2O2. The van der Waals surface area contributed by atoms with Crippen LogP contribution in [-0.2, 0) is 18.5 Å². The van der Waals surface area contributed by atoms with Crippen LogP contribution in [0.3, 0.4) is 0 Å². The number of fused-ring (bicyclic) bond motifs is 1. The standard InChI is InChI=1S/C27H28N2O2/c1-31-25-14-8-6-10-22(25)20-28-15-17-29(18-16-28)27(23-11-3-2-4-12-23)19-21-9-5-7-13-24(21)26(27)30/h2-14H,15-20H2,1H3.